The molecule has 82 valence electrons. The molecule has 0 spiro atoms. The second-order valence-electron chi connectivity index (χ2n) is 3.07. The van der Waals surface area contributed by atoms with Crippen molar-refractivity contribution in [3.8, 4) is 11.3 Å². The standard InChI is InChI=1S/C11H5F3O2/c12-8-3-6(4-9(13)11(8)14)10-2-1-7(5-15)16-10/h1-5H. The molecule has 1 aromatic carbocycles. The summed E-state index contributed by atoms with van der Waals surface area (Å²) in [6.07, 6.45) is 0.458. The zero-order chi connectivity index (χ0) is 11.7. The predicted molar refractivity (Wildman–Crippen MR) is 49.4 cm³/mol. The molecule has 16 heavy (non-hydrogen) atoms. The Morgan fingerprint density at radius 1 is 1.06 bits per heavy atom. The molecule has 0 bridgehead atoms. The van der Waals surface area contributed by atoms with Crippen molar-refractivity contribution >= 4 is 6.29 Å². The molecule has 2 aromatic rings. The molecule has 0 aliphatic rings. The molecular formula is C11H5F3O2. The Labute approximate surface area is 88.3 Å². The van der Waals surface area contributed by atoms with Crippen molar-refractivity contribution in [3.05, 3.63) is 47.5 Å². The zero-order valence-electron chi connectivity index (χ0n) is 7.84. The lowest BCUT2D eigenvalue weighted by Gasteiger charge is -1.99. The highest BCUT2D eigenvalue weighted by Gasteiger charge is 2.13. The van der Waals surface area contributed by atoms with Gasteiger partial charge in [-0.25, -0.2) is 13.2 Å². The largest absolute Gasteiger partial charge is 0.453 e. The maximum absolute atomic E-state index is 12.9. The molecule has 0 saturated carbocycles. The van der Waals surface area contributed by atoms with Crippen LogP contribution in [0.4, 0.5) is 13.2 Å². The van der Waals surface area contributed by atoms with Crippen LogP contribution in [0, 0.1) is 17.5 Å². The first-order valence-electron chi connectivity index (χ1n) is 4.31. The van der Waals surface area contributed by atoms with Gasteiger partial charge in [0.05, 0.1) is 0 Å². The van der Waals surface area contributed by atoms with E-state index in [0.29, 0.717) is 6.29 Å². The summed E-state index contributed by atoms with van der Waals surface area (Å²) in [5.41, 5.74) is 0.0319. The van der Waals surface area contributed by atoms with Gasteiger partial charge in [-0.1, -0.05) is 0 Å². The summed E-state index contributed by atoms with van der Waals surface area (Å²) >= 11 is 0. The number of halogens is 3. The van der Waals surface area contributed by atoms with Crippen LogP contribution in [-0.2, 0) is 0 Å². The number of furan rings is 1. The van der Waals surface area contributed by atoms with E-state index in [2.05, 4.69) is 0 Å². The van der Waals surface area contributed by atoms with Crippen LogP contribution in [0.2, 0.25) is 0 Å². The Morgan fingerprint density at radius 2 is 1.69 bits per heavy atom. The van der Waals surface area contributed by atoms with Crippen molar-refractivity contribution in [1.29, 1.82) is 0 Å². The second kappa shape index (κ2) is 3.84. The molecule has 2 rings (SSSR count). The van der Waals surface area contributed by atoms with Gasteiger partial charge < -0.3 is 4.42 Å². The van der Waals surface area contributed by atoms with Crippen molar-refractivity contribution in [3.63, 3.8) is 0 Å². The molecule has 0 unspecified atom stereocenters. The third-order valence-electron chi connectivity index (χ3n) is 2.01. The molecule has 0 radical (unpaired) electrons. The van der Waals surface area contributed by atoms with E-state index in [1.165, 1.54) is 12.1 Å². The maximum atomic E-state index is 12.9. The van der Waals surface area contributed by atoms with E-state index >= 15 is 0 Å². The van der Waals surface area contributed by atoms with Gasteiger partial charge in [-0.2, -0.15) is 0 Å². The Morgan fingerprint density at radius 3 is 2.19 bits per heavy atom. The first kappa shape index (κ1) is 10.5. The predicted octanol–water partition coefficient (Wildman–Crippen LogP) is 3.18. The van der Waals surface area contributed by atoms with Crippen LogP contribution < -0.4 is 0 Å². The molecule has 1 heterocycles. The molecule has 1 aromatic heterocycles. The molecule has 0 aliphatic heterocycles. The Kier molecular flexibility index (Phi) is 2.52. The first-order chi connectivity index (χ1) is 7.61. The van der Waals surface area contributed by atoms with Crippen molar-refractivity contribution < 1.29 is 22.4 Å². The van der Waals surface area contributed by atoms with Crippen molar-refractivity contribution in [2.75, 3.05) is 0 Å². The third kappa shape index (κ3) is 1.71. The smallest absolute Gasteiger partial charge is 0.194 e. The normalized spacial score (nSPS) is 10.4. The van der Waals surface area contributed by atoms with Gasteiger partial charge in [-0.05, 0) is 24.3 Å². The van der Waals surface area contributed by atoms with Crippen LogP contribution in [0.15, 0.2) is 28.7 Å². The Bertz CT molecular complexity index is 523. The number of rotatable bonds is 2. The van der Waals surface area contributed by atoms with Gasteiger partial charge in [0, 0.05) is 5.56 Å². The van der Waals surface area contributed by atoms with Gasteiger partial charge >= 0.3 is 0 Å². The summed E-state index contributed by atoms with van der Waals surface area (Å²) < 4.78 is 43.4. The zero-order valence-corrected chi connectivity index (χ0v) is 7.84. The minimum Gasteiger partial charge on any atom is -0.453 e. The first-order valence-corrected chi connectivity index (χ1v) is 4.31. The number of hydrogen-bond acceptors (Lipinski definition) is 2. The minimum atomic E-state index is -1.54. The van der Waals surface area contributed by atoms with Crippen LogP contribution in [0.1, 0.15) is 10.6 Å². The highest BCUT2D eigenvalue weighted by atomic mass is 19.2. The quantitative estimate of drug-likeness (QED) is 0.581. The van der Waals surface area contributed by atoms with Gasteiger partial charge in [0.15, 0.2) is 29.5 Å². The van der Waals surface area contributed by atoms with Gasteiger partial charge in [-0.3, -0.25) is 4.79 Å². The summed E-state index contributed by atoms with van der Waals surface area (Å²) in [6, 6.07) is 4.31. The summed E-state index contributed by atoms with van der Waals surface area (Å²) in [5.74, 6) is -4.02. The summed E-state index contributed by atoms with van der Waals surface area (Å²) in [4.78, 5) is 10.3. The lowest BCUT2D eigenvalue weighted by atomic mass is 10.1. The van der Waals surface area contributed by atoms with E-state index < -0.39 is 17.5 Å². The lowest BCUT2D eigenvalue weighted by molar-refractivity contribution is 0.110. The number of benzene rings is 1. The lowest BCUT2D eigenvalue weighted by Crippen LogP contribution is -1.91. The van der Waals surface area contributed by atoms with Crippen molar-refractivity contribution in [1.82, 2.24) is 0 Å². The molecule has 2 nitrogen and oxygen atoms in total. The van der Waals surface area contributed by atoms with Gasteiger partial charge in [-0.15, -0.1) is 0 Å². The van der Waals surface area contributed by atoms with Crippen LogP contribution in [-0.4, -0.2) is 6.29 Å². The van der Waals surface area contributed by atoms with E-state index in [1.807, 2.05) is 0 Å². The number of carbonyl (C=O) groups is 1. The average Bonchev–Trinajstić information content (AvgIpc) is 2.73. The van der Waals surface area contributed by atoms with Crippen LogP contribution in [0.5, 0.6) is 0 Å². The molecular weight excluding hydrogens is 221 g/mol. The molecule has 0 saturated heterocycles. The minimum absolute atomic E-state index is 0.0279. The maximum Gasteiger partial charge on any atom is 0.194 e. The summed E-state index contributed by atoms with van der Waals surface area (Å²) in [6.45, 7) is 0. The van der Waals surface area contributed by atoms with E-state index in [-0.39, 0.29) is 17.1 Å². The molecule has 5 heteroatoms. The van der Waals surface area contributed by atoms with Gasteiger partial charge in [0.2, 0.25) is 0 Å². The molecule has 0 aliphatic carbocycles. The number of aldehydes is 1. The Balaban J connectivity index is 2.52. The monoisotopic (exact) mass is 226 g/mol. The fourth-order valence-corrected chi connectivity index (χ4v) is 1.27. The van der Waals surface area contributed by atoms with Gasteiger partial charge in [0.1, 0.15) is 5.76 Å². The highest BCUT2D eigenvalue weighted by Crippen LogP contribution is 2.25. The highest BCUT2D eigenvalue weighted by molar-refractivity contribution is 5.72. The fraction of sp³-hybridized carbons (Fsp3) is 0. The van der Waals surface area contributed by atoms with Crippen LogP contribution in [0.3, 0.4) is 0 Å². The fourth-order valence-electron chi connectivity index (χ4n) is 1.27. The van der Waals surface area contributed by atoms with E-state index in [4.69, 9.17) is 4.42 Å². The summed E-state index contributed by atoms with van der Waals surface area (Å²) in [5, 5.41) is 0. The Hall–Kier alpha value is -2.04. The van der Waals surface area contributed by atoms with Crippen LogP contribution >= 0.6 is 0 Å². The second-order valence-corrected chi connectivity index (χ2v) is 3.07. The number of hydrogen-bond donors (Lipinski definition) is 0. The van der Waals surface area contributed by atoms with Crippen molar-refractivity contribution in [2.45, 2.75) is 0 Å². The molecule has 0 N–H and O–H groups in total. The SMILES string of the molecule is O=Cc1ccc(-c2cc(F)c(F)c(F)c2)o1. The summed E-state index contributed by atoms with van der Waals surface area (Å²) in [7, 11) is 0. The van der Waals surface area contributed by atoms with E-state index in [1.54, 1.807) is 0 Å². The number of carbonyl (C=O) groups excluding carboxylic acids is 1. The average molecular weight is 226 g/mol. The van der Waals surface area contributed by atoms with E-state index in [0.717, 1.165) is 12.1 Å². The molecule has 0 amide bonds. The molecule has 0 fully saturated rings. The van der Waals surface area contributed by atoms with E-state index in [9.17, 15) is 18.0 Å². The van der Waals surface area contributed by atoms with Crippen LogP contribution in [0.25, 0.3) is 11.3 Å². The topological polar surface area (TPSA) is 30.2 Å². The van der Waals surface area contributed by atoms with Crippen molar-refractivity contribution in [2.24, 2.45) is 0 Å². The molecule has 0 atom stereocenters. The van der Waals surface area contributed by atoms with Gasteiger partial charge in [0.25, 0.3) is 0 Å². The third-order valence-corrected chi connectivity index (χ3v) is 2.01.